The topological polar surface area (TPSA) is 95.4 Å². The predicted octanol–water partition coefficient (Wildman–Crippen LogP) is 2.29. The number of aryl methyl sites for hydroxylation is 1. The number of hydrogen-bond donors (Lipinski definition) is 0. The molecule has 2 aliphatic heterocycles. The molecule has 0 unspecified atom stereocenters. The minimum absolute atomic E-state index is 0.234. The highest BCUT2D eigenvalue weighted by Crippen LogP contribution is 2.27. The third kappa shape index (κ3) is 3.97. The Hall–Kier alpha value is -2.37. The first-order valence-corrected chi connectivity index (χ1v) is 12.8. The van der Waals surface area contributed by atoms with Crippen LogP contribution in [0.1, 0.15) is 25.1 Å². The maximum Gasteiger partial charge on any atom is 0.245 e. The molecule has 0 aliphatic carbocycles. The Balaban J connectivity index is 1.33. The molecule has 2 aliphatic rings. The van der Waals surface area contributed by atoms with Crippen LogP contribution in [0, 0.1) is 6.92 Å². The number of hydrogen-bond acceptors (Lipinski definition) is 9. The molecule has 2 aromatic heterocycles. The molecule has 2 fully saturated rings. The summed E-state index contributed by atoms with van der Waals surface area (Å²) in [6.45, 7) is 5.94. The minimum Gasteiger partial charge on any atom is -0.356 e. The Morgan fingerprint density at radius 1 is 0.871 bits per heavy atom. The van der Waals surface area contributed by atoms with E-state index in [0.717, 1.165) is 42.3 Å². The summed E-state index contributed by atoms with van der Waals surface area (Å²) in [4.78, 5) is 14.0. The fourth-order valence-electron chi connectivity index (χ4n) is 4.27. The molecule has 0 amide bonds. The van der Waals surface area contributed by atoms with E-state index in [1.807, 2.05) is 13.0 Å². The van der Waals surface area contributed by atoms with Crippen LogP contribution in [0.2, 0.25) is 0 Å². The van der Waals surface area contributed by atoms with Crippen molar-refractivity contribution in [2.24, 2.45) is 0 Å². The van der Waals surface area contributed by atoms with Crippen LogP contribution in [-0.4, -0.2) is 70.7 Å². The van der Waals surface area contributed by atoms with E-state index in [2.05, 4.69) is 28.5 Å². The lowest BCUT2D eigenvalue weighted by molar-refractivity contribution is 0.384. The number of aromatic nitrogens is 4. The molecule has 0 spiro atoms. The smallest absolute Gasteiger partial charge is 0.245 e. The molecule has 2 saturated heterocycles. The van der Waals surface area contributed by atoms with Gasteiger partial charge in [-0.15, -0.1) is 0 Å². The second-order valence-corrected chi connectivity index (χ2v) is 10.4. The predicted molar refractivity (Wildman–Crippen MR) is 121 cm³/mol. The number of nitrogens with zero attached hydrogens (tertiary/aromatic N) is 7. The zero-order chi connectivity index (χ0) is 21.4. The zero-order valence-electron chi connectivity index (χ0n) is 17.4. The first-order valence-electron chi connectivity index (χ1n) is 10.6. The van der Waals surface area contributed by atoms with Crippen molar-refractivity contribution in [3.05, 3.63) is 30.1 Å². The Morgan fingerprint density at radius 2 is 1.55 bits per heavy atom. The molecule has 11 heteroatoms. The van der Waals surface area contributed by atoms with Crippen LogP contribution in [-0.2, 0) is 10.0 Å². The summed E-state index contributed by atoms with van der Waals surface area (Å²) < 4.78 is 36.4. The van der Waals surface area contributed by atoms with E-state index in [1.165, 1.54) is 23.6 Å². The molecule has 3 aromatic rings. The third-order valence-corrected chi connectivity index (χ3v) is 8.39. The van der Waals surface area contributed by atoms with Gasteiger partial charge in [-0.1, -0.05) is 6.07 Å². The Kier molecular flexibility index (Phi) is 5.49. The lowest BCUT2D eigenvalue weighted by atomic mass is 10.1. The molecule has 0 radical (unpaired) electrons. The van der Waals surface area contributed by atoms with Crippen molar-refractivity contribution in [2.75, 3.05) is 49.1 Å². The highest BCUT2D eigenvalue weighted by Gasteiger charge is 2.31. The number of piperazine rings is 1. The number of fused-ring (bicyclic) bond motifs is 1. The second-order valence-electron chi connectivity index (χ2n) is 7.96. The zero-order valence-corrected chi connectivity index (χ0v) is 19.1. The molecular formula is C20H25N7O2S2. The number of anilines is 2. The summed E-state index contributed by atoms with van der Waals surface area (Å²) in [5.41, 5.74) is 1.07. The van der Waals surface area contributed by atoms with E-state index >= 15 is 0 Å². The van der Waals surface area contributed by atoms with Gasteiger partial charge in [-0.3, -0.25) is 0 Å². The monoisotopic (exact) mass is 459 g/mol. The van der Waals surface area contributed by atoms with E-state index in [1.54, 1.807) is 18.2 Å². The molecule has 164 valence electrons. The van der Waals surface area contributed by atoms with E-state index in [-0.39, 0.29) is 4.90 Å². The highest BCUT2D eigenvalue weighted by molar-refractivity contribution is 7.89. The second kappa shape index (κ2) is 8.29. The largest absolute Gasteiger partial charge is 0.356 e. The fourth-order valence-corrected chi connectivity index (χ4v) is 6.44. The van der Waals surface area contributed by atoms with Gasteiger partial charge in [0.2, 0.25) is 10.0 Å². The van der Waals surface area contributed by atoms with E-state index in [4.69, 9.17) is 0 Å². The standard InChI is InChI=1S/C20H25N7O2S2/c1-15-21-18(25-8-3-2-4-9-25)14-19(22-15)26-10-12-27(13-11-26)31(28,29)17-7-5-6-16-20(17)24-30-23-16/h5-7,14H,2-4,8-13H2,1H3. The summed E-state index contributed by atoms with van der Waals surface area (Å²) in [5, 5.41) is 0. The minimum atomic E-state index is -3.63. The van der Waals surface area contributed by atoms with Gasteiger partial charge in [-0.05, 0) is 38.3 Å². The highest BCUT2D eigenvalue weighted by atomic mass is 32.2. The van der Waals surface area contributed by atoms with Crippen LogP contribution in [0.15, 0.2) is 29.2 Å². The van der Waals surface area contributed by atoms with Gasteiger partial charge in [0, 0.05) is 45.3 Å². The maximum absolute atomic E-state index is 13.3. The number of rotatable bonds is 4. The van der Waals surface area contributed by atoms with Gasteiger partial charge in [0.05, 0.1) is 11.7 Å². The first-order chi connectivity index (χ1) is 15.0. The van der Waals surface area contributed by atoms with Crippen molar-refractivity contribution in [3.8, 4) is 0 Å². The average molecular weight is 460 g/mol. The lowest BCUT2D eigenvalue weighted by Gasteiger charge is -2.35. The van der Waals surface area contributed by atoms with Crippen LogP contribution >= 0.6 is 11.7 Å². The molecule has 0 atom stereocenters. The number of piperidine rings is 1. The van der Waals surface area contributed by atoms with Crippen molar-refractivity contribution in [1.29, 1.82) is 0 Å². The first kappa shape index (κ1) is 20.5. The summed E-state index contributed by atoms with van der Waals surface area (Å²) in [5.74, 6) is 2.59. The van der Waals surface area contributed by atoms with Crippen LogP contribution in [0.3, 0.4) is 0 Å². The van der Waals surface area contributed by atoms with Crippen molar-refractivity contribution in [2.45, 2.75) is 31.1 Å². The molecule has 31 heavy (non-hydrogen) atoms. The summed E-state index contributed by atoms with van der Waals surface area (Å²) in [7, 11) is -3.63. The van der Waals surface area contributed by atoms with Gasteiger partial charge in [0.15, 0.2) is 0 Å². The third-order valence-electron chi connectivity index (χ3n) is 5.92. The van der Waals surface area contributed by atoms with Crippen LogP contribution in [0.4, 0.5) is 11.6 Å². The Labute approximate surface area is 186 Å². The lowest BCUT2D eigenvalue weighted by Crippen LogP contribution is -2.49. The normalized spacial score (nSPS) is 18.6. The van der Waals surface area contributed by atoms with Gasteiger partial charge in [0.25, 0.3) is 0 Å². The molecule has 9 nitrogen and oxygen atoms in total. The van der Waals surface area contributed by atoms with Gasteiger partial charge in [0.1, 0.15) is 33.4 Å². The quantitative estimate of drug-likeness (QED) is 0.586. The van der Waals surface area contributed by atoms with Crippen LogP contribution in [0.25, 0.3) is 11.0 Å². The summed E-state index contributed by atoms with van der Waals surface area (Å²) in [6.07, 6.45) is 3.65. The van der Waals surface area contributed by atoms with Crippen molar-refractivity contribution in [1.82, 2.24) is 23.0 Å². The Morgan fingerprint density at radius 3 is 2.26 bits per heavy atom. The molecule has 4 heterocycles. The molecule has 0 bridgehead atoms. The Bertz CT molecular complexity index is 1180. The van der Waals surface area contributed by atoms with E-state index in [0.29, 0.717) is 37.2 Å². The number of sulfonamides is 1. The van der Waals surface area contributed by atoms with Crippen molar-refractivity contribution >= 4 is 44.4 Å². The molecule has 1 aromatic carbocycles. The van der Waals surface area contributed by atoms with Crippen molar-refractivity contribution in [3.63, 3.8) is 0 Å². The van der Waals surface area contributed by atoms with Crippen LogP contribution < -0.4 is 9.80 Å². The van der Waals surface area contributed by atoms with Gasteiger partial charge in [-0.2, -0.15) is 13.1 Å². The fraction of sp³-hybridized carbons (Fsp3) is 0.500. The number of benzene rings is 1. The van der Waals surface area contributed by atoms with E-state index in [9.17, 15) is 8.42 Å². The molecule has 0 saturated carbocycles. The van der Waals surface area contributed by atoms with Crippen LogP contribution in [0.5, 0.6) is 0 Å². The van der Waals surface area contributed by atoms with Gasteiger partial charge < -0.3 is 9.80 Å². The van der Waals surface area contributed by atoms with Gasteiger partial charge in [-0.25, -0.2) is 18.4 Å². The van der Waals surface area contributed by atoms with Gasteiger partial charge >= 0.3 is 0 Å². The maximum atomic E-state index is 13.3. The average Bonchev–Trinajstić information content (AvgIpc) is 3.28. The van der Waals surface area contributed by atoms with Crippen molar-refractivity contribution < 1.29 is 8.42 Å². The summed E-state index contributed by atoms with van der Waals surface area (Å²) in [6, 6.07) is 7.17. The van der Waals surface area contributed by atoms with E-state index < -0.39 is 10.0 Å². The summed E-state index contributed by atoms with van der Waals surface area (Å²) >= 11 is 1.03. The molecule has 0 N–H and O–H groups in total. The SMILES string of the molecule is Cc1nc(N2CCCCC2)cc(N2CCN(S(=O)(=O)c3cccc4nsnc34)CC2)n1. The molecule has 5 rings (SSSR count). The molecular weight excluding hydrogens is 434 g/mol.